The molecule has 0 aliphatic carbocycles. The minimum absolute atomic E-state index is 0.137. The first-order valence-corrected chi connectivity index (χ1v) is 8.31. The third kappa shape index (κ3) is 3.37. The summed E-state index contributed by atoms with van der Waals surface area (Å²) in [5, 5.41) is 15.2. The summed E-state index contributed by atoms with van der Waals surface area (Å²) in [5.41, 5.74) is 3.00. The van der Waals surface area contributed by atoms with Crippen LogP contribution in [0.1, 0.15) is 5.56 Å². The molecule has 0 bridgehead atoms. The first-order valence-electron chi connectivity index (χ1n) is 8.31. The van der Waals surface area contributed by atoms with Gasteiger partial charge in [0.05, 0.1) is 19.8 Å². The lowest BCUT2D eigenvalue weighted by molar-refractivity contribution is -0.115. The van der Waals surface area contributed by atoms with E-state index >= 15 is 0 Å². The van der Waals surface area contributed by atoms with Crippen LogP contribution in [0.5, 0.6) is 5.75 Å². The van der Waals surface area contributed by atoms with Gasteiger partial charge in [-0.15, -0.1) is 5.10 Å². The normalized spacial score (nSPS) is 10.9. The zero-order valence-corrected chi connectivity index (χ0v) is 14.8. The van der Waals surface area contributed by atoms with E-state index in [9.17, 15) is 4.79 Å². The van der Waals surface area contributed by atoms with Gasteiger partial charge < -0.3 is 14.5 Å². The van der Waals surface area contributed by atoms with Crippen molar-refractivity contribution in [3.8, 4) is 17.1 Å². The van der Waals surface area contributed by atoms with E-state index < -0.39 is 0 Å². The Morgan fingerprint density at radius 2 is 2.15 bits per heavy atom. The molecule has 0 unspecified atom stereocenters. The van der Waals surface area contributed by atoms with Crippen molar-refractivity contribution < 1.29 is 13.9 Å². The lowest BCUT2D eigenvalue weighted by Crippen LogP contribution is -2.14. The number of ether oxygens (including phenoxy) is 1. The zero-order valence-electron chi connectivity index (χ0n) is 14.8. The van der Waals surface area contributed by atoms with E-state index in [1.54, 1.807) is 31.2 Å². The second-order valence-electron chi connectivity index (χ2n) is 6.05. The molecule has 27 heavy (non-hydrogen) atoms. The largest absolute Gasteiger partial charge is 0.497 e. The molecule has 1 N–H and O–H groups in total. The van der Waals surface area contributed by atoms with E-state index in [-0.39, 0.29) is 12.3 Å². The average Bonchev–Trinajstić information content (AvgIpc) is 3.27. The van der Waals surface area contributed by atoms with Gasteiger partial charge in [-0.25, -0.2) is 4.68 Å². The number of hydrogen-bond acceptors (Lipinski definition) is 6. The first kappa shape index (κ1) is 16.8. The molecule has 0 radical (unpaired) electrons. The molecule has 4 rings (SSSR count). The van der Waals surface area contributed by atoms with Gasteiger partial charge in [0.1, 0.15) is 11.3 Å². The van der Waals surface area contributed by atoms with Gasteiger partial charge in [0.25, 0.3) is 0 Å². The fraction of sp³-hybridized carbons (Fsp3) is 0.158. The Hall–Kier alpha value is -3.68. The molecule has 8 nitrogen and oxygen atoms in total. The minimum atomic E-state index is -0.137. The number of fused-ring (bicyclic) bond motifs is 1. The molecule has 0 spiro atoms. The fourth-order valence-electron chi connectivity index (χ4n) is 2.92. The van der Waals surface area contributed by atoms with Crippen molar-refractivity contribution in [1.82, 2.24) is 20.2 Å². The molecule has 8 heteroatoms. The molecule has 0 fully saturated rings. The standard InChI is InChI=1S/C19H17N5O3/c1-24-19(21-22-23-24)12-4-3-5-14(8-12)20-18(25)9-13-11-27-17-10-15(26-2)6-7-16(13)17/h3-8,10-11H,9H2,1-2H3,(H,20,25). The number of carbonyl (C=O) groups is 1. The number of anilines is 1. The number of aromatic nitrogens is 4. The van der Waals surface area contributed by atoms with Crippen molar-refractivity contribution in [3.05, 3.63) is 54.3 Å². The third-order valence-electron chi connectivity index (χ3n) is 4.24. The number of methoxy groups -OCH3 is 1. The Bertz CT molecular complexity index is 1120. The highest BCUT2D eigenvalue weighted by atomic mass is 16.5. The van der Waals surface area contributed by atoms with Crippen LogP contribution in [0.2, 0.25) is 0 Å². The summed E-state index contributed by atoms with van der Waals surface area (Å²) in [5.74, 6) is 1.20. The van der Waals surface area contributed by atoms with Gasteiger partial charge in [-0.05, 0) is 34.7 Å². The molecular formula is C19H17N5O3. The summed E-state index contributed by atoms with van der Waals surface area (Å²) in [6.45, 7) is 0. The van der Waals surface area contributed by atoms with Crippen LogP contribution in [0.3, 0.4) is 0 Å². The van der Waals surface area contributed by atoms with Gasteiger partial charge >= 0.3 is 0 Å². The SMILES string of the molecule is COc1ccc2c(CC(=O)Nc3cccc(-c4nnnn4C)c3)coc2c1. The van der Waals surface area contributed by atoms with E-state index in [2.05, 4.69) is 20.8 Å². The number of rotatable bonds is 5. The van der Waals surface area contributed by atoms with Gasteiger partial charge in [0, 0.05) is 35.3 Å². The first-order chi connectivity index (χ1) is 13.1. The Balaban J connectivity index is 1.51. The molecule has 1 amide bonds. The van der Waals surface area contributed by atoms with Gasteiger partial charge in [-0.3, -0.25) is 4.79 Å². The highest BCUT2D eigenvalue weighted by Gasteiger charge is 2.12. The number of carbonyl (C=O) groups excluding carboxylic acids is 1. The Kier molecular flexibility index (Phi) is 4.29. The number of nitrogens with one attached hydrogen (secondary N) is 1. The number of furan rings is 1. The van der Waals surface area contributed by atoms with E-state index in [0.29, 0.717) is 22.8 Å². The molecule has 0 saturated heterocycles. The van der Waals surface area contributed by atoms with Crippen LogP contribution < -0.4 is 10.1 Å². The van der Waals surface area contributed by atoms with Crippen LogP contribution in [0.15, 0.2) is 53.1 Å². The number of benzene rings is 2. The average molecular weight is 363 g/mol. The molecule has 136 valence electrons. The number of nitrogens with zero attached hydrogens (tertiary/aromatic N) is 4. The lowest BCUT2D eigenvalue weighted by Gasteiger charge is -2.06. The Labute approximate surface area is 154 Å². The predicted molar refractivity (Wildman–Crippen MR) is 99.3 cm³/mol. The molecule has 0 aliphatic heterocycles. The molecule has 0 aliphatic rings. The number of amides is 1. The number of hydrogen-bond donors (Lipinski definition) is 1. The summed E-state index contributed by atoms with van der Waals surface area (Å²) in [6, 6.07) is 12.9. The number of tetrazole rings is 1. The topological polar surface area (TPSA) is 95.1 Å². The second-order valence-corrected chi connectivity index (χ2v) is 6.05. The predicted octanol–water partition coefficient (Wildman–Crippen LogP) is 2.81. The highest BCUT2D eigenvalue weighted by Crippen LogP contribution is 2.26. The smallest absolute Gasteiger partial charge is 0.228 e. The van der Waals surface area contributed by atoms with E-state index in [1.165, 1.54) is 0 Å². The second kappa shape index (κ2) is 6.91. The monoisotopic (exact) mass is 363 g/mol. The van der Waals surface area contributed by atoms with Crippen molar-refractivity contribution in [2.75, 3.05) is 12.4 Å². The van der Waals surface area contributed by atoms with Crippen LogP contribution in [-0.4, -0.2) is 33.2 Å². The van der Waals surface area contributed by atoms with E-state index in [4.69, 9.17) is 9.15 Å². The van der Waals surface area contributed by atoms with Crippen molar-refractivity contribution >= 4 is 22.6 Å². The van der Waals surface area contributed by atoms with Crippen LogP contribution in [-0.2, 0) is 18.3 Å². The summed E-state index contributed by atoms with van der Waals surface area (Å²) in [4.78, 5) is 12.5. The third-order valence-corrected chi connectivity index (χ3v) is 4.24. The van der Waals surface area contributed by atoms with Gasteiger partial charge in [0.2, 0.25) is 5.91 Å². The van der Waals surface area contributed by atoms with Crippen LogP contribution >= 0.6 is 0 Å². The summed E-state index contributed by atoms with van der Waals surface area (Å²) >= 11 is 0. The van der Waals surface area contributed by atoms with E-state index in [0.717, 1.165) is 16.5 Å². The summed E-state index contributed by atoms with van der Waals surface area (Å²) in [7, 11) is 3.36. The minimum Gasteiger partial charge on any atom is -0.497 e. The van der Waals surface area contributed by atoms with Crippen molar-refractivity contribution in [1.29, 1.82) is 0 Å². The fourth-order valence-corrected chi connectivity index (χ4v) is 2.92. The maximum absolute atomic E-state index is 12.5. The Morgan fingerprint density at radius 3 is 2.93 bits per heavy atom. The van der Waals surface area contributed by atoms with Gasteiger partial charge in [-0.1, -0.05) is 12.1 Å². The Morgan fingerprint density at radius 1 is 1.26 bits per heavy atom. The van der Waals surface area contributed by atoms with Crippen LogP contribution in [0.25, 0.3) is 22.4 Å². The number of aryl methyl sites for hydroxylation is 1. The van der Waals surface area contributed by atoms with Crippen molar-refractivity contribution in [2.24, 2.45) is 7.05 Å². The maximum atomic E-state index is 12.5. The maximum Gasteiger partial charge on any atom is 0.228 e. The highest BCUT2D eigenvalue weighted by molar-refractivity contribution is 5.95. The molecule has 0 atom stereocenters. The van der Waals surface area contributed by atoms with Crippen LogP contribution in [0, 0.1) is 0 Å². The van der Waals surface area contributed by atoms with Crippen LogP contribution in [0.4, 0.5) is 5.69 Å². The summed E-state index contributed by atoms with van der Waals surface area (Å²) in [6.07, 6.45) is 1.81. The molecule has 2 heterocycles. The van der Waals surface area contributed by atoms with Gasteiger partial charge in [0.15, 0.2) is 5.82 Å². The molecule has 4 aromatic rings. The molecular weight excluding hydrogens is 346 g/mol. The zero-order chi connectivity index (χ0) is 18.8. The molecule has 2 aromatic heterocycles. The van der Waals surface area contributed by atoms with Gasteiger partial charge in [-0.2, -0.15) is 0 Å². The molecule has 0 saturated carbocycles. The summed E-state index contributed by atoms with van der Waals surface area (Å²) < 4.78 is 12.3. The van der Waals surface area contributed by atoms with Crippen molar-refractivity contribution in [2.45, 2.75) is 6.42 Å². The lowest BCUT2D eigenvalue weighted by atomic mass is 10.1. The van der Waals surface area contributed by atoms with Crippen molar-refractivity contribution in [3.63, 3.8) is 0 Å². The molecule has 2 aromatic carbocycles. The van der Waals surface area contributed by atoms with E-state index in [1.807, 2.05) is 36.4 Å². The quantitative estimate of drug-likeness (QED) is 0.586.